The smallest absolute Gasteiger partial charge is 0.178 e. The average molecular weight is 323 g/mol. The highest BCUT2D eigenvalue weighted by Gasteiger charge is 2.28. The van der Waals surface area contributed by atoms with Gasteiger partial charge in [0.2, 0.25) is 0 Å². The van der Waals surface area contributed by atoms with Crippen molar-refractivity contribution >= 4 is 11.5 Å². The third-order valence-electron chi connectivity index (χ3n) is 5.35. The van der Waals surface area contributed by atoms with Crippen LogP contribution in [0.1, 0.15) is 42.5 Å². The van der Waals surface area contributed by atoms with Crippen molar-refractivity contribution < 1.29 is 0 Å². The largest absolute Gasteiger partial charge is 0.353 e. The number of hydrogen-bond donors (Lipinski definition) is 0. The number of rotatable bonds is 2. The van der Waals surface area contributed by atoms with E-state index in [4.69, 9.17) is 5.10 Å². The Morgan fingerprint density at radius 3 is 3.00 bits per heavy atom. The number of aryl methyl sites for hydroxylation is 2. The summed E-state index contributed by atoms with van der Waals surface area (Å²) in [5.74, 6) is 1.83. The Hall–Kier alpha value is -2.44. The zero-order valence-corrected chi connectivity index (χ0v) is 13.9. The van der Waals surface area contributed by atoms with E-state index in [0.717, 1.165) is 43.2 Å². The van der Waals surface area contributed by atoms with E-state index in [1.165, 1.54) is 30.7 Å². The highest BCUT2D eigenvalue weighted by atomic mass is 15.4. The summed E-state index contributed by atoms with van der Waals surface area (Å²) in [6.07, 6.45) is 8.09. The van der Waals surface area contributed by atoms with Gasteiger partial charge in [-0.3, -0.25) is 0 Å². The molecule has 0 unspecified atom stereocenters. The zero-order chi connectivity index (χ0) is 16.1. The molecule has 0 radical (unpaired) electrons. The first-order valence-corrected chi connectivity index (χ1v) is 8.78. The second-order valence-electron chi connectivity index (χ2n) is 6.85. The predicted molar refractivity (Wildman–Crippen MR) is 90.3 cm³/mol. The molecule has 1 atom stereocenters. The summed E-state index contributed by atoms with van der Waals surface area (Å²) in [5.41, 5.74) is 3.58. The average Bonchev–Trinajstić information content (AvgIpc) is 3.33. The van der Waals surface area contributed by atoms with Crippen LogP contribution < -0.4 is 4.90 Å². The number of nitrogens with zero attached hydrogens (tertiary/aromatic N) is 7. The van der Waals surface area contributed by atoms with Gasteiger partial charge in [-0.05, 0) is 51.2 Å². The first-order valence-electron chi connectivity index (χ1n) is 8.78. The molecular formula is C17H21N7. The molecular weight excluding hydrogens is 302 g/mol. The molecule has 24 heavy (non-hydrogen) atoms. The normalized spacial score (nSPS) is 20.7. The van der Waals surface area contributed by atoms with Crippen LogP contribution in [0.4, 0.5) is 5.82 Å². The Morgan fingerprint density at radius 1 is 1.12 bits per heavy atom. The highest BCUT2D eigenvalue weighted by molar-refractivity contribution is 5.46. The first-order chi connectivity index (χ1) is 11.8. The lowest BCUT2D eigenvalue weighted by Gasteiger charge is -2.20. The number of aromatic nitrogens is 6. The quantitative estimate of drug-likeness (QED) is 0.721. The van der Waals surface area contributed by atoms with Gasteiger partial charge in [0.05, 0.1) is 18.1 Å². The van der Waals surface area contributed by atoms with Gasteiger partial charge in [0.15, 0.2) is 11.5 Å². The monoisotopic (exact) mass is 323 g/mol. The Kier molecular flexibility index (Phi) is 3.08. The molecule has 0 spiro atoms. The Bertz CT molecular complexity index is 894. The van der Waals surface area contributed by atoms with Gasteiger partial charge in [-0.2, -0.15) is 4.52 Å². The van der Waals surface area contributed by atoms with Crippen molar-refractivity contribution in [3.8, 4) is 0 Å². The minimum atomic E-state index is 0.499. The molecule has 1 saturated heterocycles. The van der Waals surface area contributed by atoms with Crippen LogP contribution in [0.15, 0.2) is 18.5 Å². The Morgan fingerprint density at radius 2 is 2.04 bits per heavy atom. The lowest BCUT2D eigenvalue weighted by molar-refractivity contribution is 0.514. The van der Waals surface area contributed by atoms with E-state index in [9.17, 15) is 0 Å². The van der Waals surface area contributed by atoms with E-state index in [2.05, 4.69) is 37.0 Å². The fraction of sp³-hybridized carbons (Fsp3) is 0.529. The maximum Gasteiger partial charge on any atom is 0.178 e. The van der Waals surface area contributed by atoms with Crippen LogP contribution in [0.5, 0.6) is 0 Å². The molecule has 1 aliphatic carbocycles. The predicted octanol–water partition coefficient (Wildman–Crippen LogP) is 1.96. The Balaban J connectivity index is 1.41. The third kappa shape index (κ3) is 2.11. The van der Waals surface area contributed by atoms with E-state index < -0.39 is 0 Å². The number of hydrogen-bond acceptors (Lipinski definition) is 5. The third-order valence-corrected chi connectivity index (χ3v) is 5.35. The summed E-state index contributed by atoms with van der Waals surface area (Å²) < 4.78 is 4.25. The van der Waals surface area contributed by atoms with Gasteiger partial charge in [0.1, 0.15) is 5.82 Å². The lowest BCUT2D eigenvalue weighted by atomic mass is 10.0. The summed E-state index contributed by atoms with van der Waals surface area (Å²) in [6.45, 7) is 3.95. The molecule has 5 rings (SSSR count). The van der Waals surface area contributed by atoms with Gasteiger partial charge in [-0.25, -0.2) is 4.98 Å². The van der Waals surface area contributed by atoms with Crippen LogP contribution in [0.2, 0.25) is 0 Å². The molecule has 1 aliphatic heterocycles. The summed E-state index contributed by atoms with van der Waals surface area (Å²) in [4.78, 5) is 7.01. The van der Waals surface area contributed by atoms with Gasteiger partial charge in [0, 0.05) is 18.8 Å². The van der Waals surface area contributed by atoms with Gasteiger partial charge in [0.25, 0.3) is 0 Å². The van der Waals surface area contributed by atoms with E-state index in [1.54, 1.807) is 0 Å². The van der Waals surface area contributed by atoms with Crippen molar-refractivity contribution in [2.45, 2.75) is 45.1 Å². The lowest BCUT2D eigenvalue weighted by Crippen LogP contribution is -2.23. The molecule has 7 nitrogen and oxygen atoms in total. The van der Waals surface area contributed by atoms with Crippen molar-refractivity contribution in [1.82, 2.24) is 29.4 Å². The second-order valence-corrected chi connectivity index (χ2v) is 6.85. The van der Waals surface area contributed by atoms with E-state index in [1.807, 2.05) is 17.5 Å². The fourth-order valence-corrected chi connectivity index (χ4v) is 4.04. The van der Waals surface area contributed by atoms with Crippen molar-refractivity contribution in [3.63, 3.8) is 0 Å². The summed E-state index contributed by atoms with van der Waals surface area (Å²) in [6, 6.07) is 4.54. The number of imidazole rings is 1. The maximum atomic E-state index is 4.71. The van der Waals surface area contributed by atoms with Crippen molar-refractivity contribution in [3.05, 3.63) is 35.7 Å². The van der Waals surface area contributed by atoms with Gasteiger partial charge < -0.3 is 9.47 Å². The molecule has 2 aliphatic rings. The van der Waals surface area contributed by atoms with Gasteiger partial charge in [-0.15, -0.1) is 15.3 Å². The van der Waals surface area contributed by atoms with Gasteiger partial charge >= 0.3 is 0 Å². The number of fused-ring (bicyclic) bond motifs is 2. The van der Waals surface area contributed by atoms with Crippen molar-refractivity contribution in [2.75, 3.05) is 18.0 Å². The molecule has 1 fully saturated rings. The molecule has 0 bridgehead atoms. The number of anilines is 1. The first kappa shape index (κ1) is 13.9. The molecule has 0 aromatic carbocycles. The van der Waals surface area contributed by atoms with Crippen LogP contribution >= 0.6 is 0 Å². The SMILES string of the molecule is Cc1nnc2ccc(N3CC[C@@H](n4cnc5c4CCCC5)C3)nn12. The molecule has 3 aromatic rings. The molecule has 4 heterocycles. The summed E-state index contributed by atoms with van der Waals surface area (Å²) in [7, 11) is 0. The van der Waals surface area contributed by atoms with E-state index >= 15 is 0 Å². The summed E-state index contributed by atoms with van der Waals surface area (Å²) >= 11 is 0. The standard InChI is InChI=1S/C17H21N7/c1-12-19-20-16-6-7-17(21-24(12)16)22-9-8-13(10-22)23-11-18-14-4-2-3-5-15(14)23/h6-7,11,13H,2-5,8-10H2,1H3/t13-/m1/s1. The minimum absolute atomic E-state index is 0.499. The van der Waals surface area contributed by atoms with Crippen LogP contribution in [0, 0.1) is 6.92 Å². The minimum Gasteiger partial charge on any atom is -0.353 e. The van der Waals surface area contributed by atoms with Crippen LogP contribution in [-0.2, 0) is 12.8 Å². The van der Waals surface area contributed by atoms with Crippen molar-refractivity contribution in [2.24, 2.45) is 0 Å². The van der Waals surface area contributed by atoms with Crippen LogP contribution in [-0.4, -0.2) is 42.5 Å². The molecule has 3 aromatic heterocycles. The molecule has 7 heteroatoms. The Labute approximate surface area is 140 Å². The maximum absolute atomic E-state index is 4.71. The topological polar surface area (TPSA) is 64.1 Å². The summed E-state index contributed by atoms with van der Waals surface area (Å²) in [5, 5.41) is 12.9. The van der Waals surface area contributed by atoms with Crippen LogP contribution in [0.25, 0.3) is 5.65 Å². The molecule has 124 valence electrons. The zero-order valence-electron chi connectivity index (χ0n) is 13.9. The molecule has 0 amide bonds. The second kappa shape index (κ2) is 5.29. The van der Waals surface area contributed by atoms with Gasteiger partial charge in [-0.1, -0.05) is 0 Å². The van der Waals surface area contributed by atoms with Crippen molar-refractivity contribution in [1.29, 1.82) is 0 Å². The van der Waals surface area contributed by atoms with E-state index in [0.29, 0.717) is 6.04 Å². The molecule has 0 saturated carbocycles. The van der Waals surface area contributed by atoms with E-state index in [-0.39, 0.29) is 0 Å². The molecule has 0 N–H and O–H groups in total. The fourth-order valence-electron chi connectivity index (χ4n) is 4.04. The highest BCUT2D eigenvalue weighted by Crippen LogP contribution is 2.30. The van der Waals surface area contributed by atoms with Crippen LogP contribution in [0.3, 0.4) is 0 Å².